The molecule has 0 heterocycles. The van der Waals surface area contributed by atoms with Crippen molar-refractivity contribution < 1.29 is 17.0 Å². The minimum absolute atomic E-state index is 0.469. The van der Waals surface area contributed by atoms with Gasteiger partial charge in [-0.15, -0.1) is 0 Å². The zero-order chi connectivity index (χ0) is 15.5. The van der Waals surface area contributed by atoms with Crippen molar-refractivity contribution in [1.29, 1.82) is 0 Å². The number of halogens is 2. The van der Waals surface area contributed by atoms with Gasteiger partial charge >= 0.3 is 35.6 Å². The Morgan fingerprint density at radius 3 is 1.95 bits per heavy atom. The second-order valence-electron chi connectivity index (χ2n) is 6.57. The molecule has 4 saturated carbocycles. The molecule has 4 rings (SSSR count). The van der Waals surface area contributed by atoms with Crippen molar-refractivity contribution in [3.8, 4) is 0 Å². The molecule has 0 N–H and O–H groups in total. The summed E-state index contributed by atoms with van der Waals surface area (Å²) in [6, 6.07) is 0. The first-order chi connectivity index (χ1) is 9.99. The summed E-state index contributed by atoms with van der Waals surface area (Å²) in [6.45, 7) is 7.36. The summed E-state index contributed by atoms with van der Waals surface area (Å²) in [5, 5.41) is 0. The van der Waals surface area contributed by atoms with E-state index >= 15 is 0 Å². The van der Waals surface area contributed by atoms with Gasteiger partial charge in [-0.1, -0.05) is 20.8 Å². The molecule has 0 spiro atoms. The molecule has 0 saturated heterocycles. The molecule has 0 amide bonds. The van der Waals surface area contributed by atoms with Gasteiger partial charge in [0.1, 0.15) is 0 Å². The van der Waals surface area contributed by atoms with Crippen molar-refractivity contribution in [2.75, 3.05) is 0 Å². The zero-order valence-electron chi connectivity index (χ0n) is 12.9. The van der Waals surface area contributed by atoms with Crippen molar-refractivity contribution in [1.82, 2.24) is 0 Å². The van der Waals surface area contributed by atoms with Crippen molar-refractivity contribution >= 4 is 18.6 Å². The van der Waals surface area contributed by atoms with Crippen LogP contribution >= 0.6 is 18.6 Å². The SMILES string of the molecule is CC12CCC([C]3[CH][CH][CH][C]31)C2(C)C.[CH]1[CH][CH][CH][CH]1.[Cl][Ti][Cl]. The van der Waals surface area contributed by atoms with Crippen molar-refractivity contribution in [2.45, 2.75) is 33.6 Å². The third-order valence-corrected chi connectivity index (χ3v) is 5.60. The van der Waals surface area contributed by atoms with Gasteiger partial charge in [0.15, 0.2) is 0 Å². The molecule has 4 aliphatic carbocycles. The fourth-order valence-corrected chi connectivity index (χ4v) is 4.09. The Balaban J connectivity index is 0.000000169. The Morgan fingerprint density at radius 1 is 0.952 bits per heavy atom. The van der Waals surface area contributed by atoms with Gasteiger partial charge in [0.05, 0.1) is 0 Å². The Morgan fingerprint density at radius 2 is 1.48 bits per heavy atom. The predicted octanol–water partition coefficient (Wildman–Crippen LogP) is 5.62. The summed E-state index contributed by atoms with van der Waals surface area (Å²) in [4.78, 5) is 0. The van der Waals surface area contributed by atoms with Gasteiger partial charge in [-0.2, -0.15) is 0 Å². The van der Waals surface area contributed by atoms with Gasteiger partial charge in [0, 0.05) is 0 Å². The molecule has 0 aromatic rings. The van der Waals surface area contributed by atoms with Crippen LogP contribution in [0.2, 0.25) is 0 Å². The Bertz CT molecular complexity index is 318. The first-order valence-corrected chi connectivity index (χ1v) is 11.7. The standard InChI is InChI=1S/C13H17.C5H5.2ClH.Ti/c1-12(2)10-7-8-13(12,3)11-6-4-5-9(10)11;1-2-4-5-3-1;;;/h4-6,10H,7-8H2,1-3H3;1-5H;2*1H;/q;;;;+2/p-2. The molecular formula is C18H22Cl2Ti. The summed E-state index contributed by atoms with van der Waals surface area (Å²) in [6.07, 6.45) is 19.7. The fourth-order valence-electron chi connectivity index (χ4n) is 4.09. The summed E-state index contributed by atoms with van der Waals surface area (Å²) in [7, 11) is 9.78. The van der Waals surface area contributed by atoms with Crippen molar-refractivity contribution in [3.05, 3.63) is 63.2 Å². The van der Waals surface area contributed by atoms with Gasteiger partial charge in [0.2, 0.25) is 0 Å². The van der Waals surface area contributed by atoms with Gasteiger partial charge in [-0.05, 0) is 92.8 Å². The number of rotatable bonds is 0. The van der Waals surface area contributed by atoms with Crippen LogP contribution in [0.15, 0.2) is 0 Å². The maximum atomic E-state index is 4.89. The maximum absolute atomic E-state index is 4.89. The van der Waals surface area contributed by atoms with Crippen LogP contribution in [0.25, 0.3) is 0 Å². The molecule has 4 aliphatic rings. The Hall–Kier alpha value is 1.29. The normalized spacial score (nSPS) is 36.5. The molecule has 0 aliphatic heterocycles. The number of fused-ring (bicyclic) bond motifs is 5. The molecule has 4 fully saturated rings. The van der Waals surface area contributed by atoms with Crippen LogP contribution in [-0.4, -0.2) is 0 Å². The van der Waals surface area contributed by atoms with E-state index in [4.69, 9.17) is 18.6 Å². The molecule has 112 valence electrons. The molecule has 0 aromatic carbocycles. The van der Waals surface area contributed by atoms with Gasteiger partial charge in [0.25, 0.3) is 0 Å². The molecule has 2 bridgehead atoms. The molecule has 2 atom stereocenters. The van der Waals surface area contributed by atoms with Crippen LogP contribution in [0, 0.1) is 80.0 Å². The van der Waals surface area contributed by atoms with E-state index in [-0.39, 0.29) is 0 Å². The molecule has 0 aromatic heterocycles. The molecule has 21 heavy (non-hydrogen) atoms. The van der Waals surface area contributed by atoms with Crippen LogP contribution in [0.5, 0.6) is 0 Å². The Kier molecular flexibility index (Phi) is 7.02. The predicted molar refractivity (Wildman–Crippen MR) is 87.2 cm³/mol. The summed E-state index contributed by atoms with van der Waals surface area (Å²) in [5.41, 5.74) is 0.968. The average Bonchev–Trinajstić information content (AvgIpc) is 3.18. The van der Waals surface area contributed by atoms with Gasteiger partial charge in [-0.3, -0.25) is 0 Å². The first-order valence-electron chi connectivity index (χ1n) is 7.38. The van der Waals surface area contributed by atoms with Crippen LogP contribution in [0.4, 0.5) is 0 Å². The van der Waals surface area contributed by atoms with E-state index in [1.54, 1.807) is 11.8 Å². The monoisotopic (exact) mass is 356 g/mol. The third kappa shape index (κ3) is 3.54. The topological polar surface area (TPSA) is 0 Å². The second kappa shape index (κ2) is 7.91. The molecule has 0 nitrogen and oxygen atoms in total. The Labute approximate surface area is 148 Å². The quantitative estimate of drug-likeness (QED) is 0.494. The fraction of sp³-hybridized carbons (Fsp3) is 0.444. The van der Waals surface area contributed by atoms with E-state index in [1.165, 1.54) is 12.8 Å². The summed E-state index contributed by atoms with van der Waals surface area (Å²) >= 11 is -0.556. The van der Waals surface area contributed by atoms with E-state index in [9.17, 15) is 0 Å². The summed E-state index contributed by atoms with van der Waals surface area (Å²) in [5.74, 6) is 4.13. The second-order valence-corrected chi connectivity index (χ2v) is 9.15. The molecule has 3 heteroatoms. The average molecular weight is 357 g/mol. The van der Waals surface area contributed by atoms with E-state index < -0.39 is 17.0 Å². The number of hydrogen-bond donors (Lipinski definition) is 0. The van der Waals surface area contributed by atoms with Crippen LogP contribution < -0.4 is 0 Å². The van der Waals surface area contributed by atoms with Crippen molar-refractivity contribution in [2.24, 2.45) is 16.7 Å². The van der Waals surface area contributed by atoms with Crippen LogP contribution in [-0.2, 0) is 17.0 Å². The number of hydrogen-bond acceptors (Lipinski definition) is 0. The van der Waals surface area contributed by atoms with Gasteiger partial charge in [-0.25, -0.2) is 0 Å². The van der Waals surface area contributed by atoms with Crippen LogP contribution in [0.3, 0.4) is 0 Å². The molecule has 10 radical (unpaired) electrons. The van der Waals surface area contributed by atoms with Crippen molar-refractivity contribution in [3.63, 3.8) is 0 Å². The van der Waals surface area contributed by atoms with E-state index in [0.717, 1.165) is 5.92 Å². The summed E-state index contributed by atoms with van der Waals surface area (Å²) < 4.78 is 0. The van der Waals surface area contributed by atoms with E-state index in [0.29, 0.717) is 10.8 Å². The molecular weight excluding hydrogens is 335 g/mol. The third-order valence-electron chi connectivity index (χ3n) is 5.60. The zero-order valence-corrected chi connectivity index (χ0v) is 15.9. The van der Waals surface area contributed by atoms with Gasteiger partial charge < -0.3 is 0 Å². The van der Waals surface area contributed by atoms with E-state index in [1.807, 2.05) is 32.1 Å². The first kappa shape index (κ1) is 18.6. The molecule has 2 unspecified atom stereocenters. The van der Waals surface area contributed by atoms with Crippen LogP contribution in [0.1, 0.15) is 33.6 Å². The minimum atomic E-state index is -0.556. The van der Waals surface area contributed by atoms with E-state index in [2.05, 4.69) is 40.0 Å².